The van der Waals surface area contributed by atoms with E-state index in [0.717, 1.165) is 4.31 Å². The van der Waals surface area contributed by atoms with Crippen LogP contribution in [0.5, 0.6) is 0 Å². The second-order valence-corrected chi connectivity index (χ2v) is 8.83. The van der Waals surface area contributed by atoms with Crippen LogP contribution in [0.4, 0.5) is 0 Å². The van der Waals surface area contributed by atoms with E-state index in [-0.39, 0.29) is 16.1 Å². The number of hydrogen-bond donors (Lipinski definition) is 0. The van der Waals surface area contributed by atoms with Crippen LogP contribution in [0.1, 0.15) is 6.92 Å². The zero-order valence-electron chi connectivity index (χ0n) is 13.4. The highest BCUT2D eigenvalue weighted by Crippen LogP contribution is 2.24. The van der Waals surface area contributed by atoms with Crippen molar-refractivity contribution in [3.8, 4) is 0 Å². The summed E-state index contributed by atoms with van der Waals surface area (Å²) in [5, 5.41) is 0.341. The standard InChI is InChI=1S/C14H21N3O4S2/c1-11(14(18)17-6-8-21-9-7-17)22-13-5-4-12(10-15-13)23(19,20)16(2)3/h4-5,10-11H,6-9H2,1-3H3/t11-/m1/s1. The van der Waals surface area contributed by atoms with E-state index in [1.807, 2.05) is 6.92 Å². The predicted octanol–water partition coefficient (Wildman–Crippen LogP) is 0.671. The maximum atomic E-state index is 12.3. The maximum absolute atomic E-state index is 12.3. The molecular formula is C14H21N3O4S2. The van der Waals surface area contributed by atoms with Gasteiger partial charge in [-0.15, -0.1) is 0 Å². The molecule has 128 valence electrons. The molecule has 1 aromatic heterocycles. The van der Waals surface area contributed by atoms with Crippen molar-refractivity contribution in [2.24, 2.45) is 0 Å². The number of morpholine rings is 1. The minimum Gasteiger partial charge on any atom is -0.378 e. The number of rotatable bonds is 5. The predicted molar refractivity (Wildman–Crippen MR) is 87.8 cm³/mol. The van der Waals surface area contributed by atoms with E-state index < -0.39 is 10.0 Å². The maximum Gasteiger partial charge on any atom is 0.244 e. The average Bonchev–Trinajstić information content (AvgIpc) is 2.55. The molecule has 1 aliphatic rings. The summed E-state index contributed by atoms with van der Waals surface area (Å²) < 4.78 is 30.4. The van der Waals surface area contributed by atoms with E-state index in [1.165, 1.54) is 38.1 Å². The lowest BCUT2D eigenvalue weighted by Gasteiger charge is -2.28. The number of thioether (sulfide) groups is 1. The fourth-order valence-corrected chi connectivity index (χ4v) is 3.79. The van der Waals surface area contributed by atoms with Gasteiger partial charge in [-0.1, -0.05) is 11.8 Å². The Labute approximate surface area is 141 Å². The largest absolute Gasteiger partial charge is 0.378 e. The molecular weight excluding hydrogens is 338 g/mol. The Balaban J connectivity index is 2.01. The third-order valence-corrected chi connectivity index (χ3v) is 6.29. The first kappa shape index (κ1) is 18.2. The molecule has 0 N–H and O–H groups in total. The minimum absolute atomic E-state index is 0.0464. The van der Waals surface area contributed by atoms with Gasteiger partial charge in [-0.2, -0.15) is 0 Å². The van der Waals surface area contributed by atoms with Gasteiger partial charge in [0.25, 0.3) is 0 Å². The highest BCUT2D eigenvalue weighted by Gasteiger charge is 2.24. The zero-order valence-corrected chi connectivity index (χ0v) is 15.1. The van der Waals surface area contributed by atoms with Crippen LogP contribution in [0, 0.1) is 0 Å². The van der Waals surface area contributed by atoms with E-state index in [4.69, 9.17) is 4.74 Å². The van der Waals surface area contributed by atoms with Crippen LogP contribution in [0.2, 0.25) is 0 Å². The van der Waals surface area contributed by atoms with Gasteiger partial charge >= 0.3 is 0 Å². The Kier molecular flexibility index (Phi) is 6.01. The van der Waals surface area contributed by atoms with Crippen molar-refractivity contribution in [2.45, 2.75) is 22.1 Å². The molecule has 0 radical (unpaired) electrons. The second kappa shape index (κ2) is 7.61. The van der Waals surface area contributed by atoms with Crippen molar-refractivity contribution in [1.29, 1.82) is 0 Å². The number of nitrogens with zero attached hydrogens (tertiary/aromatic N) is 3. The molecule has 1 amide bonds. The summed E-state index contributed by atoms with van der Waals surface area (Å²) in [7, 11) is -0.537. The molecule has 0 bridgehead atoms. The van der Waals surface area contributed by atoms with Gasteiger partial charge in [-0.3, -0.25) is 4.79 Å². The topological polar surface area (TPSA) is 79.8 Å². The molecule has 1 atom stereocenters. The third kappa shape index (κ3) is 4.43. The molecule has 0 spiro atoms. The van der Waals surface area contributed by atoms with Crippen LogP contribution >= 0.6 is 11.8 Å². The molecule has 2 heterocycles. The fraction of sp³-hybridized carbons (Fsp3) is 0.571. The van der Waals surface area contributed by atoms with Gasteiger partial charge in [0.2, 0.25) is 15.9 Å². The van der Waals surface area contributed by atoms with E-state index in [9.17, 15) is 13.2 Å². The van der Waals surface area contributed by atoms with Crippen molar-refractivity contribution in [1.82, 2.24) is 14.2 Å². The quantitative estimate of drug-likeness (QED) is 0.719. The molecule has 0 aliphatic carbocycles. The van der Waals surface area contributed by atoms with E-state index in [2.05, 4.69) is 4.98 Å². The fourth-order valence-electron chi connectivity index (χ4n) is 2.07. The van der Waals surface area contributed by atoms with Crippen LogP contribution in [-0.2, 0) is 19.6 Å². The molecule has 2 rings (SSSR count). The van der Waals surface area contributed by atoms with Gasteiger partial charge in [0.15, 0.2) is 0 Å². The monoisotopic (exact) mass is 359 g/mol. The average molecular weight is 359 g/mol. The number of carbonyl (C=O) groups excluding carboxylic acids is 1. The number of pyridine rings is 1. The van der Waals surface area contributed by atoms with Gasteiger partial charge in [0, 0.05) is 33.4 Å². The Morgan fingerprint density at radius 3 is 2.52 bits per heavy atom. The van der Waals surface area contributed by atoms with Gasteiger partial charge in [0.1, 0.15) is 4.90 Å². The molecule has 1 saturated heterocycles. The van der Waals surface area contributed by atoms with Crippen molar-refractivity contribution >= 4 is 27.7 Å². The number of ether oxygens (including phenoxy) is 1. The highest BCUT2D eigenvalue weighted by atomic mass is 32.2. The molecule has 9 heteroatoms. The third-order valence-electron chi connectivity index (χ3n) is 3.46. The Morgan fingerprint density at radius 1 is 1.35 bits per heavy atom. The summed E-state index contributed by atoms with van der Waals surface area (Å²) in [6.45, 7) is 4.18. The minimum atomic E-state index is -3.48. The van der Waals surface area contributed by atoms with Crippen molar-refractivity contribution in [3.05, 3.63) is 18.3 Å². The van der Waals surface area contributed by atoms with E-state index in [1.54, 1.807) is 11.0 Å². The van der Waals surface area contributed by atoms with E-state index >= 15 is 0 Å². The smallest absolute Gasteiger partial charge is 0.244 e. The van der Waals surface area contributed by atoms with Crippen LogP contribution < -0.4 is 0 Å². The van der Waals surface area contributed by atoms with Gasteiger partial charge in [-0.05, 0) is 19.1 Å². The van der Waals surface area contributed by atoms with Crippen molar-refractivity contribution < 1.29 is 17.9 Å². The lowest BCUT2D eigenvalue weighted by Crippen LogP contribution is -2.44. The molecule has 0 aromatic carbocycles. The van der Waals surface area contributed by atoms with Crippen LogP contribution in [0.15, 0.2) is 28.3 Å². The molecule has 1 aromatic rings. The first-order chi connectivity index (χ1) is 10.8. The van der Waals surface area contributed by atoms with Crippen molar-refractivity contribution in [3.63, 3.8) is 0 Å². The number of amides is 1. The molecule has 0 saturated carbocycles. The Bertz CT molecular complexity index is 640. The zero-order chi connectivity index (χ0) is 17.0. The molecule has 1 aliphatic heterocycles. The lowest BCUT2D eigenvalue weighted by atomic mass is 10.3. The van der Waals surface area contributed by atoms with Crippen molar-refractivity contribution in [2.75, 3.05) is 40.4 Å². The van der Waals surface area contributed by atoms with Crippen LogP contribution in [0.3, 0.4) is 0 Å². The summed E-state index contributed by atoms with van der Waals surface area (Å²) >= 11 is 1.32. The molecule has 0 unspecified atom stereocenters. The van der Waals surface area contributed by atoms with Crippen LogP contribution in [-0.4, -0.2) is 74.2 Å². The lowest BCUT2D eigenvalue weighted by molar-refractivity contribution is -0.134. The Hall–Kier alpha value is -1.16. The summed E-state index contributed by atoms with van der Waals surface area (Å²) in [5.41, 5.74) is 0. The molecule has 23 heavy (non-hydrogen) atoms. The highest BCUT2D eigenvalue weighted by molar-refractivity contribution is 8.00. The number of hydrogen-bond acceptors (Lipinski definition) is 6. The summed E-state index contributed by atoms with van der Waals surface area (Å²) in [4.78, 5) is 18.4. The summed E-state index contributed by atoms with van der Waals surface area (Å²) in [6, 6.07) is 3.14. The molecule has 1 fully saturated rings. The van der Waals surface area contributed by atoms with Gasteiger partial charge < -0.3 is 9.64 Å². The number of sulfonamides is 1. The normalized spacial score (nSPS) is 17.3. The number of aromatic nitrogens is 1. The SMILES string of the molecule is C[C@@H](Sc1ccc(S(=O)(=O)N(C)C)cn1)C(=O)N1CCOCC1. The first-order valence-corrected chi connectivity index (χ1v) is 9.56. The van der Waals surface area contributed by atoms with Gasteiger partial charge in [-0.25, -0.2) is 17.7 Å². The second-order valence-electron chi connectivity index (χ2n) is 5.32. The molecule has 7 nitrogen and oxygen atoms in total. The number of carbonyl (C=O) groups is 1. The Morgan fingerprint density at radius 2 is 2.00 bits per heavy atom. The first-order valence-electron chi connectivity index (χ1n) is 7.24. The van der Waals surface area contributed by atoms with E-state index in [0.29, 0.717) is 31.3 Å². The summed E-state index contributed by atoms with van der Waals surface area (Å²) in [6.07, 6.45) is 1.32. The summed E-state index contributed by atoms with van der Waals surface area (Å²) in [5.74, 6) is 0.0464. The van der Waals surface area contributed by atoms with Gasteiger partial charge in [0.05, 0.1) is 23.5 Å². The van der Waals surface area contributed by atoms with Crippen LogP contribution in [0.25, 0.3) is 0 Å².